The molecule has 312 valence electrons. The molecule has 1 aliphatic rings. The van der Waals surface area contributed by atoms with Gasteiger partial charge in [-0.05, 0) is 105 Å². The Morgan fingerprint density at radius 2 is 0.630 bits per heavy atom. The lowest BCUT2D eigenvalue weighted by molar-refractivity contribution is -0.125. The van der Waals surface area contributed by atoms with Crippen LogP contribution in [0.1, 0.15) is 247 Å². The molecule has 0 aliphatic heterocycles. The molecule has 1 fully saturated rings. The highest BCUT2D eigenvalue weighted by atomic mass is 16.2. The molecule has 0 aromatic carbocycles. The summed E-state index contributed by atoms with van der Waals surface area (Å²) in [7, 11) is 0. The molecule has 0 heterocycles. The van der Waals surface area contributed by atoms with Gasteiger partial charge in [-0.2, -0.15) is 0 Å². The second-order valence-electron chi connectivity index (χ2n) is 17.3. The average Bonchev–Trinajstić information content (AvgIpc) is 3.15. The molecule has 2 amide bonds. The van der Waals surface area contributed by atoms with Crippen molar-refractivity contribution in [2.24, 2.45) is 0 Å². The number of unbranched alkanes of at least 4 members (excludes halogenated alkanes) is 18. The zero-order valence-corrected chi connectivity index (χ0v) is 36.9. The van der Waals surface area contributed by atoms with Gasteiger partial charge in [-0.3, -0.25) is 9.59 Å². The van der Waals surface area contributed by atoms with Crippen LogP contribution in [0.15, 0.2) is 46.6 Å². The first kappa shape index (κ1) is 49.9. The number of hydrogen-bond acceptors (Lipinski definition) is 2. The number of amides is 2. The molecule has 0 unspecified atom stereocenters. The van der Waals surface area contributed by atoms with Crippen molar-refractivity contribution in [3.63, 3.8) is 0 Å². The topological polar surface area (TPSA) is 58.2 Å². The first-order chi connectivity index (χ1) is 26.2. The fraction of sp³-hybridized carbons (Fsp3) is 0.800. The van der Waals surface area contributed by atoms with Gasteiger partial charge in [-0.1, -0.05) is 176 Å². The lowest BCUT2D eigenvalue weighted by atomic mass is 9.90. The molecule has 0 bridgehead atoms. The van der Waals surface area contributed by atoms with Crippen molar-refractivity contribution in [1.82, 2.24) is 10.6 Å². The van der Waals surface area contributed by atoms with Crippen molar-refractivity contribution in [2.75, 3.05) is 0 Å². The van der Waals surface area contributed by atoms with Crippen LogP contribution in [0.25, 0.3) is 0 Å². The summed E-state index contributed by atoms with van der Waals surface area (Å²) < 4.78 is 0. The summed E-state index contributed by atoms with van der Waals surface area (Å²) in [5, 5.41) is 6.59. The molecule has 2 N–H and O–H groups in total. The Kier molecular flexibility index (Phi) is 32.7. The smallest absolute Gasteiger partial charge is 0.220 e. The molecule has 0 aromatic heterocycles. The Morgan fingerprint density at radius 3 is 0.907 bits per heavy atom. The molecule has 2 atom stereocenters. The predicted molar refractivity (Wildman–Crippen MR) is 238 cm³/mol. The van der Waals surface area contributed by atoms with E-state index in [1.807, 2.05) is 0 Å². The van der Waals surface area contributed by atoms with Crippen LogP contribution in [0.5, 0.6) is 0 Å². The maximum absolute atomic E-state index is 12.8. The minimum Gasteiger partial charge on any atom is -0.351 e. The summed E-state index contributed by atoms with van der Waals surface area (Å²) in [4.78, 5) is 25.6. The minimum atomic E-state index is 0.0771. The number of carbonyl (C=O) groups is 2. The highest BCUT2D eigenvalue weighted by Crippen LogP contribution is 2.21. The number of rotatable bonds is 34. The monoisotopic (exact) mass is 751 g/mol. The highest BCUT2D eigenvalue weighted by Gasteiger charge is 2.27. The van der Waals surface area contributed by atoms with E-state index in [1.54, 1.807) is 0 Å². The number of hydrogen-bond donors (Lipinski definition) is 2. The zero-order chi connectivity index (χ0) is 39.5. The van der Waals surface area contributed by atoms with Crippen LogP contribution in [0, 0.1) is 0 Å². The molecule has 0 spiro atoms. The number of nitrogens with one attached hydrogen (secondary N) is 2. The molecule has 1 aliphatic carbocycles. The molecule has 4 heteroatoms. The van der Waals surface area contributed by atoms with Crippen LogP contribution in [0.3, 0.4) is 0 Å². The van der Waals surface area contributed by atoms with Crippen LogP contribution in [-0.2, 0) is 9.59 Å². The fourth-order valence-corrected chi connectivity index (χ4v) is 7.74. The van der Waals surface area contributed by atoms with Gasteiger partial charge >= 0.3 is 0 Å². The third kappa shape index (κ3) is 30.2. The van der Waals surface area contributed by atoms with Gasteiger partial charge in [0.05, 0.1) is 0 Å². The maximum Gasteiger partial charge on any atom is 0.220 e. The zero-order valence-electron chi connectivity index (χ0n) is 36.9. The van der Waals surface area contributed by atoms with E-state index >= 15 is 0 Å². The summed E-state index contributed by atoms with van der Waals surface area (Å²) in [5.74, 6) is 0.309. The largest absolute Gasteiger partial charge is 0.351 e. The van der Waals surface area contributed by atoms with Crippen LogP contribution in [-0.4, -0.2) is 23.9 Å². The molecule has 0 aromatic rings. The van der Waals surface area contributed by atoms with Crippen molar-refractivity contribution in [2.45, 2.75) is 259 Å². The van der Waals surface area contributed by atoms with Gasteiger partial charge in [0.15, 0.2) is 0 Å². The average molecular weight is 751 g/mol. The van der Waals surface area contributed by atoms with Crippen LogP contribution in [0.4, 0.5) is 0 Å². The van der Waals surface area contributed by atoms with Crippen molar-refractivity contribution in [3.8, 4) is 0 Å². The van der Waals surface area contributed by atoms with Gasteiger partial charge in [-0.15, -0.1) is 0 Å². The Hall–Kier alpha value is -2.10. The first-order valence-corrected chi connectivity index (χ1v) is 23.5. The quantitative estimate of drug-likeness (QED) is 0.0508. The van der Waals surface area contributed by atoms with E-state index in [0.29, 0.717) is 12.8 Å². The van der Waals surface area contributed by atoms with Crippen molar-refractivity contribution < 1.29 is 9.59 Å². The summed E-state index contributed by atoms with van der Waals surface area (Å²) in [6.07, 6.45) is 47.4. The molecule has 0 radical (unpaired) electrons. The normalized spacial score (nSPS) is 17.2. The third-order valence-corrected chi connectivity index (χ3v) is 11.6. The maximum atomic E-state index is 12.8. The lowest BCUT2D eigenvalue weighted by Gasteiger charge is -2.33. The first-order valence-electron chi connectivity index (χ1n) is 23.5. The second kappa shape index (κ2) is 35.3. The van der Waals surface area contributed by atoms with Gasteiger partial charge in [-0.25, -0.2) is 0 Å². The van der Waals surface area contributed by atoms with E-state index in [0.717, 1.165) is 64.2 Å². The Morgan fingerprint density at radius 1 is 0.389 bits per heavy atom. The number of allylic oxidation sites excluding steroid dienone is 8. The predicted octanol–water partition coefficient (Wildman–Crippen LogP) is 15.3. The van der Waals surface area contributed by atoms with Gasteiger partial charge in [0.25, 0.3) is 0 Å². The molecular formula is C50H90N2O2. The van der Waals surface area contributed by atoms with Gasteiger partial charge < -0.3 is 10.6 Å². The van der Waals surface area contributed by atoms with Crippen molar-refractivity contribution >= 4 is 11.8 Å². The summed E-state index contributed by atoms with van der Waals surface area (Å²) in [6, 6.07) is 0.154. The van der Waals surface area contributed by atoms with Crippen LogP contribution in [0.2, 0.25) is 0 Å². The molecule has 54 heavy (non-hydrogen) atoms. The van der Waals surface area contributed by atoms with E-state index < -0.39 is 0 Å². The summed E-state index contributed by atoms with van der Waals surface area (Å²) in [6.45, 7) is 13.6. The van der Waals surface area contributed by atoms with Crippen LogP contribution >= 0.6 is 0 Å². The van der Waals surface area contributed by atoms with E-state index in [4.69, 9.17) is 0 Å². The molecule has 0 saturated heterocycles. The Bertz CT molecular complexity index is 982. The van der Waals surface area contributed by atoms with Gasteiger partial charge in [0.1, 0.15) is 0 Å². The SMILES string of the molecule is CCCCCCCCC/C(C)=C/C=C(\C)CCCCCCC(=O)N[C@H]1CCCC[C@@H]1NC(=O)CCCCCC/C(C)=C/C=C(\C)CCCCCCCCC. The standard InChI is InChI=1S/C50H90N2O2/c1-7-9-11-13-15-17-23-31-43(3)39-41-45(5)33-25-19-21-27-37-49(53)51-47-35-29-30-36-48(47)52-50(54)38-28-22-20-26-34-46(6)42-40-44(4)32-24-18-16-14-12-10-8-2/h39-42,47-48H,7-38H2,1-6H3,(H,51,53)(H,52,54)/b43-39+,44-40+,45-41+,46-42+/t47-,48-/m0/s1. The second-order valence-corrected chi connectivity index (χ2v) is 17.3. The van der Waals surface area contributed by atoms with Gasteiger partial charge in [0, 0.05) is 24.9 Å². The van der Waals surface area contributed by atoms with Crippen LogP contribution < -0.4 is 10.6 Å². The molecule has 4 nitrogen and oxygen atoms in total. The Labute approximate surface area is 336 Å². The summed E-state index contributed by atoms with van der Waals surface area (Å²) >= 11 is 0. The Balaban J connectivity index is 2.16. The molecular weight excluding hydrogens is 661 g/mol. The molecule has 1 rings (SSSR count). The van der Waals surface area contributed by atoms with Crippen molar-refractivity contribution in [1.29, 1.82) is 0 Å². The lowest BCUT2D eigenvalue weighted by Crippen LogP contribution is -2.53. The van der Waals surface area contributed by atoms with E-state index in [9.17, 15) is 9.59 Å². The van der Waals surface area contributed by atoms with E-state index in [2.05, 4.69) is 76.5 Å². The fourth-order valence-electron chi connectivity index (χ4n) is 7.74. The minimum absolute atomic E-state index is 0.0771. The van der Waals surface area contributed by atoms with E-state index in [-0.39, 0.29) is 23.9 Å². The highest BCUT2D eigenvalue weighted by molar-refractivity contribution is 5.77. The number of carbonyl (C=O) groups excluding carboxylic acids is 2. The van der Waals surface area contributed by atoms with Crippen molar-refractivity contribution in [3.05, 3.63) is 46.6 Å². The summed E-state index contributed by atoms with van der Waals surface area (Å²) in [5.41, 5.74) is 5.92. The third-order valence-electron chi connectivity index (χ3n) is 11.6. The van der Waals surface area contributed by atoms with E-state index in [1.165, 1.54) is 151 Å². The molecule has 1 saturated carbocycles. The van der Waals surface area contributed by atoms with Gasteiger partial charge in [0.2, 0.25) is 11.8 Å².